The first-order valence-electron chi connectivity index (χ1n) is 3.93. The molecule has 1 rings (SSSR count). The van der Waals surface area contributed by atoms with Gasteiger partial charge in [0.15, 0.2) is 0 Å². The summed E-state index contributed by atoms with van der Waals surface area (Å²) in [5.41, 5.74) is 0. The third-order valence-corrected chi connectivity index (χ3v) is 1.84. The van der Waals surface area contributed by atoms with Gasteiger partial charge in [0, 0.05) is 6.61 Å². The predicted octanol–water partition coefficient (Wildman–Crippen LogP) is -0.562. The highest BCUT2D eigenvalue weighted by Gasteiger charge is 2.24. The van der Waals surface area contributed by atoms with E-state index in [1.54, 1.807) is 0 Å². The molecule has 0 aliphatic carbocycles. The summed E-state index contributed by atoms with van der Waals surface area (Å²) in [4.78, 5) is 10.8. The van der Waals surface area contributed by atoms with Crippen molar-refractivity contribution in [1.82, 2.24) is 5.32 Å². The lowest BCUT2D eigenvalue weighted by Crippen LogP contribution is -2.48. The van der Waals surface area contributed by atoms with Crippen LogP contribution in [0.2, 0.25) is 0 Å². The zero-order valence-electron chi connectivity index (χ0n) is 6.82. The second-order valence-corrected chi connectivity index (χ2v) is 2.75. The summed E-state index contributed by atoms with van der Waals surface area (Å²) in [6.45, 7) is 4.20. The van der Waals surface area contributed by atoms with Gasteiger partial charge in [0.2, 0.25) is 5.91 Å². The van der Waals surface area contributed by atoms with Crippen molar-refractivity contribution >= 4 is 5.91 Å². The molecule has 68 valence electrons. The highest BCUT2D eigenvalue weighted by molar-refractivity contribution is 5.87. The number of hydrogen-bond acceptors (Lipinski definition) is 3. The average molecular weight is 171 g/mol. The minimum absolute atomic E-state index is 0.191. The first kappa shape index (κ1) is 9.22. The molecular weight excluding hydrogens is 158 g/mol. The van der Waals surface area contributed by atoms with Crippen molar-refractivity contribution in [3.8, 4) is 0 Å². The predicted molar refractivity (Wildman–Crippen MR) is 43.6 cm³/mol. The Morgan fingerprint density at radius 1 is 1.75 bits per heavy atom. The normalized spacial score (nSPS) is 29.4. The molecule has 12 heavy (non-hydrogen) atoms. The molecule has 0 aromatic rings. The lowest BCUT2D eigenvalue weighted by Gasteiger charge is -2.27. The summed E-state index contributed by atoms with van der Waals surface area (Å²) in [7, 11) is 0. The highest BCUT2D eigenvalue weighted by atomic mass is 16.5. The molecule has 1 aliphatic heterocycles. The molecule has 1 aliphatic rings. The molecule has 1 heterocycles. The zero-order chi connectivity index (χ0) is 8.97. The lowest BCUT2D eigenvalue weighted by molar-refractivity contribution is -0.119. The molecule has 0 saturated carbocycles. The van der Waals surface area contributed by atoms with E-state index in [4.69, 9.17) is 4.74 Å². The Morgan fingerprint density at radius 2 is 2.50 bits per heavy atom. The average Bonchev–Trinajstić information content (AvgIpc) is 2.09. The molecule has 4 heteroatoms. The van der Waals surface area contributed by atoms with E-state index >= 15 is 0 Å². The van der Waals surface area contributed by atoms with Gasteiger partial charge >= 0.3 is 0 Å². The minimum Gasteiger partial charge on any atom is -0.389 e. The molecule has 0 spiro atoms. The van der Waals surface area contributed by atoms with Crippen LogP contribution in [0, 0.1) is 0 Å². The molecule has 0 radical (unpaired) electrons. The van der Waals surface area contributed by atoms with E-state index in [1.165, 1.54) is 6.08 Å². The maximum Gasteiger partial charge on any atom is 0.243 e. The minimum atomic E-state index is -0.595. The SMILES string of the molecule is C=CC(=O)N[C@@H]1CCOC[C@H]1O. The quantitative estimate of drug-likeness (QED) is 0.547. The lowest BCUT2D eigenvalue weighted by atomic mass is 10.1. The van der Waals surface area contributed by atoms with Crippen molar-refractivity contribution in [2.24, 2.45) is 0 Å². The second-order valence-electron chi connectivity index (χ2n) is 2.75. The molecule has 2 N–H and O–H groups in total. The van der Waals surface area contributed by atoms with Crippen LogP contribution in [-0.2, 0) is 9.53 Å². The van der Waals surface area contributed by atoms with Crippen LogP contribution < -0.4 is 5.32 Å². The number of hydrogen-bond donors (Lipinski definition) is 2. The largest absolute Gasteiger partial charge is 0.389 e. The van der Waals surface area contributed by atoms with Crippen molar-refractivity contribution in [1.29, 1.82) is 0 Å². The summed E-state index contributed by atoms with van der Waals surface area (Å²) in [6, 6.07) is -0.191. The fraction of sp³-hybridized carbons (Fsp3) is 0.625. The van der Waals surface area contributed by atoms with Crippen LogP contribution in [0.25, 0.3) is 0 Å². The summed E-state index contributed by atoms with van der Waals surface area (Å²) < 4.78 is 5.00. The Kier molecular flexibility index (Phi) is 3.25. The van der Waals surface area contributed by atoms with E-state index in [2.05, 4.69) is 11.9 Å². The number of rotatable bonds is 2. The highest BCUT2D eigenvalue weighted by Crippen LogP contribution is 2.06. The smallest absolute Gasteiger partial charge is 0.243 e. The Labute approximate surface area is 71.2 Å². The van der Waals surface area contributed by atoms with Crippen molar-refractivity contribution in [2.75, 3.05) is 13.2 Å². The fourth-order valence-corrected chi connectivity index (χ4v) is 1.13. The first-order chi connectivity index (χ1) is 5.74. The number of aliphatic hydroxyl groups is 1. The summed E-state index contributed by atoms with van der Waals surface area (Å²) >= 11 is 0. The molecular formula is C8H13NO3. The topological polar surface area (TPSA) is 58.6 Å². The van der Waals surface area contributed by atoms with Gasteiger partial charge in [-0.2, -0.15) is 0 Å². The van der Waals surface area contributed by atoms with E-state index in [-0.39, 0.29) is 11.9 Å². The summed E-state index contributed by atoms with van der Waals surface area (Å²) in [5, 5.41) is 12.0. The van der Waals surface area contributed by atoms with Gasteiger partial charge in [-0.25, -0.2) is 0 Å². The molecule has 0 unspecified atom stereocenters. The number of amides is 1. The molecule has 4 nitrogen and oxygen atoms in total. The maximum atomic E-state index is 10.8. The number of nitrogens with one attached hydrogen (secondary N) is 1. The van der Waals surface area contributed by atoms with Crippen molar-refractivity contribution in [3.63, 3.8) is 0 Å². The number of ether oxygens (including phenoxy) is 1. The number of aliphatic hydroxyl groups excluding tert-OH is 1. The van der Waals surface area contributed by atoms with Crippen molar-refractivity contribution in [3.05, 3.63) is 12.7 Å². The molecule has 1 saturated heterocycles. The van der Waals surface area contributed by atoms with E-state index in [0.29, 0.717) is 19.6 Å². The van der Waals surface area contributed by atoms with Crippen LogP contribution in [0.5, 0.6) is 0 Å². The molecule has 1 amide bonds. The molecule has 0 aromatic heterocycles. The molecule has 2 atom stereocenters. The Morgan fingerprint density at radius 3 is 3.08 bits per heavy atom. The van der Waals surface area contributed by atoms with Crippen LogP contribution in [0.4, 0.5) is 0 Å². The van der Waals surface area contributed by atoms with Crippen LogP contribution >= 0.6 is 0 Å². The summed E-state index contributed by atoms with van der Waals surface area (Å²) in [5.74, 6) is -0.249. The fourth-order valence-electron chi connectivity index (χ4n) is 1.13. The standard InChI is InChI=1S/C8H13NO3/c1-2-8(11)9-6-3-4-12-5-7(6)10/h2,6-7,10H,1,3-5H2,(H,9,11)/t6-,7-/m1/s1. The van der Waals surface area contributed by atoms with Crippen molar-refractivity contribution in [2.45, 2.75) is 18.6 Å². The maximum absolute atomic E-state index is 10.8. The van der Waals surface area contributed by atoms with Gasteiger partial charge in [0.05, 0.1) is 18.8 Å². The van der Waals surface area contributed by atoms with E-state index in [1.807, 2.05) is 0 Å². The van der Waals surface area contributed by atoms with E-state index < -0.39 is 6.10 Å². The van der Waals surface area contributed by atoms with Crippen LogP contribution in [0.15, 0.2) is 12.7 Å². The second kappa shape index (κ2) is 4.23. The van der Waals surface area contributed by atoms with Gasteiger partial charge in [-0.1, -0.05) is 6.58 Å². The number of carbonyl (C=O) groups excluding carboxylic acids is 1. The van der Waals surface area contributed by atoms with Crippen molar-refractivity contribution < 1.29 is 14.6 Å². The third-order valence-electron chi connectivity index (χ3n) is 1.84. The van der Waals surface area contributed by atoms with Gasteiger partial charge in [0.1, 0.15) is 0 Å². The van der Waals surface area contributed by atoms with E-state index in [9.17, 15) is 9.90 Å². The Balaban J connectivity index is 2.38. The van der Waals surface area contributed by atoms with Gasteiger partial charge in [0.25, 0.3) is 0 Å². The van der Waals surface area contributed by atoms with Gasteiger partial charge in [-0.15, -0.1) is 0 Å². The van der Waals surface area contributed by atoms with Gasteiger partial charge in [-0.3, -0.25) is 4.79 Å². The third kappa shape index (κ3) is 2.32. The molecule has 0 aromatic carbocycles. The van der Waals surface area contributed by atoms with Crippen LogP contribution in [0.1, 0.15) is 6.42 Å². The summed E-state index contributed by atoms with van der Waals surface area (Å²) in [6.07, 6.45) is 1.26. The first-order valence-corrected chi connectivity index (χ1v) is 3.93. The van der Waals surface area contributed by atoms with Gasteiger partial charge in [-0.05, 0) is 12.5 Å². The van der Waals surface area contributed by atoms with Gasteiger partial charge < -0.3 is 15.2 Å². The molecule has 0 bridgehead atoms. The van der Waals surface area contributed by atoms with E-state index in [0.717, 1.165) is 0 Å². The monoisotopic (exact) mass is 171 g/mol. The van der Waals surface area contributed by atoms with Crippen LogP contribution in [-0.4, -0.2) is 36.4 Å². The molecule has 1 fully saturated rings. The Bertz CT molecular complexity index is 181. The van der Waals surface area contributed by atoms with Crippen LogP contribution in [0.3, 0.4) is 0 Å². The number of carbonyl (C=O) groups is 1. The zero-order valence-corrected chi connectivity index (χ0v) is 6.82. The Hall–Kier alpha value is -0.870.